The summed E-state index contributed by atoms with van der Waals surface area (Å²) in [5.41, 5.74) is 5.73. The number of carbonyl (C=O) groups excluding carboxylic acids is 2. The second kappa shape index (κ2) is 14.1. The Balaban J connectivity index is 1.03. The maximum absolute atomic E-state index is 14.4. The molecule has 3 aromatic rings. The number of aromatic nitrogens is 2. The molecule has 1 aromatic heterocycles. The average Bonchev–Trinajstić information content (AvgIpc) is 3.81. The van der Waals surface area contributed by atoms with Crippen LogP contribution in [-0.4, -0.2) is 60.7 Å². The summed E-state index contributed by atoms with van der Waals surface area (Å²) >= 11 is 0. The zero-order chi connectivity index (χ0) is 32.3. The molecule has 0 spiro atoms. The van der Waals surface area contributed by atoms with Gasteiger partial charge in [-0.25, -0.2) is 4.79 Å². The highest BCUT2D eigenvalue weighted by atomic mass is 16.6. The third-order valence-corrected chi connectivity index (χ3v) is 10.9. The van der Waals surface area contributed by atoms with Crippen LogP contribution in [0.5, 0.6) is 5.75 Å². The highest BCUT2D eigenvalue weighted by Crippen LogP contribution is 2.40. The fraction of sp³-hybridized carbons (Fsp3) is 0.553. The molecule has 250 valence electrons. The highest BCUT2D eigenvalue weighted by molar-refractivity contribution is 5.95. The summed E-state index contributed by atoms with van der Waals surface area (Å²) in [7, 11) is 1.73. The van der Waals surface area contributed by atoms with Crippen molar-refractivity contribution < 1.29 is 19.1 Å². The van der Waals surface area contributed by atoms with E-state index in [1.54, 1.807) is 7.11 Å². The van der Waals surface area contributed by atoms with Gasteiger partial charge in [-0.15, -0.1) is 0 Å². The molecule has 2 amide bonds. The fourth-order valence-electron chi connectivity index (χ4n) is 7.68. The first kappa shape index (κ1) is 31.7. The lowest BCUT2D eigenvalue weighted by Gasteiger charge is -2.36. The molecule has 0 bridgehead atoms. The van der Waals surface area contributed by atoms with Crippen LogP contribution in [0, 0.1) is 18.8 Å². The first-order valence-electron chi connectivity index (χ1n) is 17.7. The summed E-state index contributed by atoms with van der Waals surface area (Å²) in [5, 5.41) is 10.7. The van der Waals surface area contributed by atoms with E-state index < -0.39 is 0 Å². The largest absolute Gasteiger partial charge is 0.496 e. The second-order valence-corrected chi connectivity index (χ2v) is 14.3. The minimum atomic E-state index is -0.338. The smallest absolute Gasteiger partial charge is 0.407 e. The van der Waals surface area contributed by atoms with E-state index in [1.165, 1.54) is 24.0 Å². The van der Waals surface area contributed by atoms with Crippen LogP contribution in [0.3, 0.4) is 0 Å². The third-order valence-electron chi connectivity index (χ3n) is 10.9. The second-order valence-electron chi connectivity index (χ2n) is 14.3. The summed E-state index contributed by atoms with van der Waals surface area (Å²) in [6, 6.07) is 15.7. The molecule has 47 heavy (non-hydrogen) atoms. The topological polar surface area (TPSA) is 97.7 Å². The van der Waals surface area contributed by atoms with Gasteiger partial charge in [0.2, 0.25) is 5.91 Å². The number of rotatable bonds is 10. The highest BCUT2D eigenvalue weighted by Gasteiger charge is 2.34. The Bertz CT molecular complexity index is 1550. The standard InChI is InChI=1S/C38H49N5O4/c1-25-18-30(12-17-36(25)46-2)27-8-6-26(7-9-27)23-42(34-5-3-4-29(19-34)31-20-40-43(24-31)33-13-14-33)37(44)28-10-15-35(16-11-28)47-38(45)41-32-21-39-22-32/h3-5,12,17-20,24,26-28,32-33,35,39H,6-11,13-16,21-23H2,1-2H3,(H,41,45). The molecule has 0 radical (unpaired) electrons. The maximum Gasteiger partial charge on any atom is 0.407 e. The molecular formula is C38H49N5O4. The van der Waals surface area contributed by atoms with Gasteiger partial charge in [-0.2, -0.15) is 5.10 Å². The zero-order valence-electron chi connectivity index (χ0n) is 27.8. The fourth-order valence-corrected chi connectivity index (χ4v) is 7.68. The Morgan fingerprint density at radius 1 is 0.957 bits per heavy atom. The monoisotopic (exact) mass is 639 g/mol. The lowest BCUT2D eigenvalue weighted by Crippen LogP contribution is -2.57. The van der Waals surface area contributed by atoms with Gasteiger partial charge in [0.1, 0.15) is 11.9 Å². The van der Waals surface area contributed by atoms with Crippen LogP contribution >= 0.6 is 0 Å². The van der Waals surface area contributed by atoms with Crippen LogP contribution < -0.4 is 20.3 Å². The first-order valence-corrected chi connectivity index (χ1v) is 17.7. The van der Waals surface area contributed by atoms with E-state index in [1.807, 2.05) is 6.20 Å². The molecule has 4 aliphatic rings. The van der Waals surface area contributed by atoms with E-state index in [0.717, 1.165) is 80.7 Å². The van der Waals surface area contributed by atoms with Crippen molar-refractivity contribution in [3.05, 3.63) is 66.0 Å². The van der Waals surface area contributed by atoms with E-state index in [2.05, 4.69) is 80.9 Å². The molecular weight excluding hydrogens is 590 g/mol. The molecule has 9 heteroatoms. The van der Waals surface area contributed by atoms with Gasteiger partial charge in [0.15, 0.2) is 0 Å². The van der Waals surface area contributed by atoms with E-state index in [0.29, 0.717) is 30.7 Å². The number of hydrogen-bond acceptors (Lipinski definition) is 6. The van der Waals surface area contributed by atoms with Gasteiger partial charge in [0.05, 0.1) is 25.4 Å². The Labute approximate surface area is 278 Å². The predicted molar refractivity (Wildman–Crippen MR) is 183 cm³/mol. The normalized spacial score (nSPS) is 24.6. The van der Waals surface area contributed by atoms with Crippen LogP contribution in [0.25, 0.3) is 11.1 Å². The van der Waals surface area contributed by atoms with Crippen molar-refractivity contribution in [2.24, 2.45) is 11.8 Å². The predicted octanol–water partition coefficient (Wildman–Crippen LogP) is 6.77. The molecule has 1 aliphatic heterocycles. The van der Waals surface area contributed by atoms with Crippen LogP contribution in [0.15, 0.2) is 54.9 Å². The summed E-state index contributed by atoms with van der Waals surface area (Å²) in [4.78, 5) is 28.8. The molecule has 2 heterocycles. The van der Waals surface area contributed by atoms with E-state index in [4.69, 9.17) is 9.47 Å². The van der Waals surface area contributed by atoms with Crippen molar-refractivity contribution in [1.29, 1.82) is 0 Å². The Morgan fingerprint density at radius 2 is 1.74 bits per heavy atom. The molecule has 1 saturated heterocycles. The Morgan fingerprint density at radius 3 is 2.43 bits per heavy atom. The SMILES string of the molecule is COc1ccc(C2CCC(CN(C(=O)C3CCC(OC(=O)NC4CNC4)CC3)c3cccc(-c4cnn(C5CC5)c4)c3)CC2)cc1C. The van der Waals surface area contributed by atoms with Crippen LogP contribution in [-0.2, 0) is 9.53 Å². The molecule has 0 unspecified atom stereocenters. The number of anilines is 1. The van der Waals surface area contributed by atoms with Gasteiger partial charge < -0.3 is 25.0 Å². The van der Waals surface area contributed by atoms with Crippen molar-refractivity contribution in [1.82, 2.24) is 20.4 Å². The summed E-state index contributed by atoms with van der Waals surface area (Å²) < 4.78 is 13.3. The maximum atomic E-state index is 14.4. The van der Waals surface area contributed by atoms with Gasteiger partial charge in [-0.05, 0) is 118 Å². The van der Waals surface area contributed by atoms with E-state index in [9.17, 15) is 9.59 Å². The number of nitrogens with one attached hydrogen (secondary N) is 2. The van der Waals surface area contributed by atoms with Gasteiger partial charge in [-0.1, -0.05) is 24.3 Å². The number of methoxy groups -OCH3 is 1. The molecule has 0 atom stereocenters. The summed E-state index contributed by atoms with van der Waals surface area (Å²) in [6.07, 6.45) is 13.3. The molecule has 3 aliphatic carbocycles. The Kier molecular flexibility index (Phi) is 9.52. The van der Waals surface area contributed by atoms with Gasteiger partial charge >= 0.3 is 6.09 Å². The number of amides is 2. The summed E-state index contributed by atoms with van der Waals surface area (Å²) in [6.45, 7) is 4.42. The number of carbonyl (C=O) groups is 2. The van der Waals surface area contributed by atoms with Crippen molar-refractivity contribution in [3.8, 4) is 16.9 Å². The third kappa shape index (κ3) is 7.51. The lowest BCUT2D eigenvalue weighted by molar-refractivity contribution is -0.124. The van der Waals surface area contributed by atoms with Crippen LogP contribution in [0.4, 0.5) is 10.5 Å². The number of aryl methyl sites for hydroxylation is 1. The van der Waals surface area contributed by atoms with Crippen LogP contribution in [0.1, 0.15) is 87.3 Å². The molecule has 2 N–H and O–H groups in total. The Hall–Kier alpha value is -3.85. The molecule has 7 rings (SSSR count). The molecule has 9 nitrogen and oxygen atoms in total. The average molecular weight is 640 g/mol. The molecule has 2 aromatic carbocycles. The number of ether oxygens (including phenoxy) is 2. The minimum Gasteiger partial charge on any atom is -0.496 e. The molecule has 4 fully saturated rings. The summed E-state index contributed by atoms with van der Waals surface area (Å²) in [5.74, 6) is 2.05. The van der Waals surface area contributed by atoms with Gasteiger partial charge in [0.25, 0.3) is 0 Å². The zero-order valence-corrected chi connectivity index (χ0v) is 27.8. The van der Waals surface area contributed by atoms with Gasteiger partial charge in [-0.3, -0.25) is 9.48 Å². The number of alkyl carbamates (subject to hydrolysis) is 1. The molecule has 3 saturated carbocycles. The van der Waals surface area contributed by atoms with Crippen molar-refractivity contribution in [2.75, 3.05) is 31.6 Å². The first-order chi connectivity index (χ1) is 22.9. The van der Waals surface area contributed by atoms with E-state index in [-0.39, 0.29) is 30.1 Å². The number of nitrogens with zero attached hydrogens (tertiary/aromatic N) is 3. The lowest BCUT2D eigenvalue weighted by atomic mass is 9.78. The van der Waals surface area contributed by atoms with E-state index >= 15 is 0 Å². The van der Waals surface area contributed by atoms with Crippen molar-refractivity contribution in [2.45, 2.75) is 95.2 Å². The van der Waals surface area contributed by atoms with Gasteiger partial charge in [0, 0.05) is 43.0 Å². The minimum absolute atomic E-state index is 0.0753. The number of benzene rings is 2. The van der Waals surface area contributed by atoms with Crippen molar-refractivity contribution >= 4 is 17.7 Å². The van der Waals surface area contributed by atoms with Crippen molar-refractivity contribution in [3.63, 3.8) is 0 Å². The van der Waals surface area contributed by atoms with Crippen LogP contribution in [0.2, 0.25) is 0 Å². The quantitative estimate of drug-likeness (QED) is 0.254. The number of hydrogen-bond donors (Lipinski definition) is 2.